The molecular formula is C15H20N4O4S2. The maximum atomic E-state index is 12.6. The third kappa shape index (κ3) is 4.07. The van der Waals surface area contributed by atoms with Gasteiger partial charge in [0.15, 0.2) is 5.82 Å². The third-order valence-corrected chi connectivity index (χ3v) is 7.48. The molecule has 0 bridgehead atoms. The Labute approximate surface area is 150 Å². The van der Waals surface area contributed by atoms with E-state index in [0.29, 0.717) is 41.9 Å². The van der Waals surface area contributed by atoms with Gasteiger partial charge in [0, 0.05) is 23.9 Å². The van der Waals surface area contributed by atoms with Crippen LogP contribution >= 0.6 is 11.3 Å². The first kappa shape index (κ1) is 18.0. The van der Waals surface area contributed by atoms with E-state index in [0.717, 1.165) is 4.88 Å². The molecule has 0 saturated carbocycles. The van der Waals surface area contributed by atoms with Crippen LogP contribution < -0.4 is 5.32 Å². The van der Waals surface area contributed by atoms with Gasteiger partial charge in [0.2, 0.25) is 11.8 Å². The second kappa shape index (κ2) is 7.22. The van der Waals surface area contributed by atoms with E-state index in [1.54, 1.807) is 19.1 Å². The van der Waals surface area contributed by atoms with Crippen molar-refractivity contribution in [2.24, 2.45) is 5.92 Å². The minimum Gasteiger partial charge on any atom is -0.347 e. The molecule has 2 aromatic rings. The Morgan fingerprint density at radius 1 is 1.36 bits per heavy atom. The molecular weight excluding hydrogens is 364 g/mol. The van der Waals surface area contributed by atoms with Crippen LogP contribution in [0.2, 0.25) is 0 Å². The molecule has 10 heteroatoms. The molecule has 1 aliphatic heterocycles. The van der Waals surface area contributed by atoms with Gasteiger partial charge in [0.05, 0.1) is 6.54 Å². The summed E-state index contributed by atoms with van der Waals surface area (Å²) >= 11 is 1.27. The van der Waals surface area contributed by atoms with Crippen molar-refractivity contribution in [1.29, 1.82) is 0 Å². The van der Waals surface area contributed by atoms with Gasteiger partial charge in [-0.05, 0) is 38.8 Å². The van der Waals surface area contributed by atoms with Crippen molar-refractivity contribution < 1.29 is 17.7 Å². The molecule has 1 amide bonds. The van der Waals surface area contributed by atoms with Crippen LogP contribution in [-0.2, 0) is 21.4 Å². The minimum atomic E-state index is -3.46. The molecule has 136 valence electrons. The van der Waals surface area contributed by atoms with E-state index in [1.807, 2.05) is 6.92 Å². The van der Waals surface area contributed by atoms with Crippen LogP contribution in [0.5, 0.6) is 0 Å². The van der Waals surface area contributed by atoms with Gasteiger partial charge in [-0.1, -0.05) is 5.16 Å². The summed E-state index contributed by atoms with van der Waals surface area (Å²) in [5, 5.41) is 6.43. The third-order valence-electron chi connectivity index (χ3n) is 4.12. The highest BCUT2D eigenvalue weighted by molar-refractivity contribution is 7.91. The number of aromatic nitrogens is 2. The normalized spacial score (nSPS) is 16.9. The number of nitrogens with one attached hydrogen (secondary N) is 1. The van der Waals surface area contributed by atoms with Crippen molar-refractivity contribution in [1.82, 2.24) is 19.8 Å². The Bertz CT molecular complexity index is 851. The van der Waals surface area contributed by atoms with E-state index in [2.05, 4.69) is 15.5 Å². The second-order valence-electron chi connectivity index (χ2n) is 6.00. The average Bonchev–Trinajstić information content (AvgIpc) is 3.21. The summed E-state index contributed by atoms with van der Waals surface area (Å²) in [7, 11) is -3.46. The maximum absolute atomic E-state index is 12.6. The van der Waals surface area contributed by atoms with Gasteiger partial charge >= 0.3 is 0 Å². The lowest BCUT2D eigenvalue weighted by Crippen LogP contribution is -2.42. The van der Waals surface area contributed by atoms with Crippen LogP contribution in [0.25, 0.3) is 0 Å². The number of hydrogen-bond donors (Lipinski definition) is 1. The SMILES string of the molecule is Cc1noc(CNC(=O)C2CCN(S(=O)(=O)c3ccc(C)s3)CC2)n1. The summed E-state index contributed by atoms with van der Waals surface area (Å²) in [6, 6.07) is 3.44. The van der Waals surface area contributed by atoms with Crippen LogP contribution in [0.15, 0.2) is 20.9 Å². The smallest absolute Gasteiger partial charge is 0.252 e. The quantitative estimate of drug-likeness (QED) is 0.837. The van der Waals surface area contributed by atoms with E-state index in [-0.39, 0.29) is 18.4 Å². The van der Waals surface area contributed by atoms with Crippen LogP contribution in [0.4, 0.5) is 0 Å². The zero-order chi connectivity index (χ0) is 18.0. The number of aryl methyl sites for hydroxylation is 2. The monoisotopic (exact) mass is 384 g/mol. The number of rotatable bonds is 5. The van der Waals surface area contributed by atoms with Crippen LogP contribution in [0.1, 0.15) is 29.4 Å². The first-order valence-corrected chi connectivity index (χ1v) is 10.3. The molecule has 0 radical (unpaired) electrons. The largest absolute Gasteiger partial charge is 0.347 e. The van der Waals surface area contributed by atoms with Crippen molar-refractivity contribution in [3.8, 4) is 0 Å². The lowest BCUT2D eigenvalue weighted by molar-refractivity contribution is -0.126. The van der Waals surface area contributed by atoms with Crippen LogP contribution in [0, 0.1) is 19.8 Å². The van der Waals surface area contributed by atoms with Gasteiger partial charge < -0.3 is 9.84 Å². The lowest BCUT2D eigenvalue weighted by Gasteiger charge is -2.30. The standard InChI is InChI=1S/C15H20N4O4S2/c1-10-3-4-14(24-10)25(21,22)19-7-5-12(6-8-19)15(20)16-9-13-17-11(2)18-23-13/h3-4,12H,5-9H2,1-2H3,(H,16,20). The molecule has 2 aromatic heterocycles. The number of piperidine rings is 1. The molecule has 1 fully saturated rings. The van der Waals surface area contributed by atoms with Crippen molar-refractivity contribution in [3.63, 3.8) is 0 Å². The van der Waals surface area contributed by atoms with E-state index >= 15 is 0 Å². The molecule has 25 heavy (non-hydrogen) atoms. The van der Waals surface area contributed by atoms with Crippen molar-refractivity contribution in [2.75, 3.05) is 13.1 Å². The Kier molecular flexibility index (Phi) is 5.21. The molecule has 0 atom stereocenters. The Morgan fingerprint density at radius 2 is 2.08 bits per heavy atom. The zero-order valence-corrected chi connectivity index (χ0v) is 15.7. The molecule has 3 heterocycles. The van der Waals surface area contributed by atoms with Gasteiger partial charge in [-0.3, -0.25) is 4.79 Å². The predicted octanol–water partition coefficient (Wildman–Crippen LogP) is 1.47. The van der Waals surface area contributed by atoms with Crippen molar-refractivity contribution in [3.05, 3.63) is 28.7 Å². The summed E-state index contributed by atoms with van der Waals surface area (Å²) in [4.78, 5) is 17.2. The summed E-state index contributed by atoms with van der Waals surface area (Å²) < 4.78 is 32.0. The van der Waals surface area contributed by atoms with Gasteiger partial charge in [-0.2, -0.15) is 9.29 Å². The highest BCUT2D eigenvalue weighted by Gasteiger charge is 2.32. The van der Waals surface area contributed by atoms with Gasteiger partial charge in [0.25, 0.3) is 10.0 Å². The first-order valence-electron chi connectivity index (χ1n) is 8.00. The highest BCUT2D eigenvalue weighted by atomic mass is 32.2. The lowest BCUT2D eigenvalue weighted by atomic mass is 9.97. The Hall–Kier alpha value is -1.78. The topological polar surface area (TPSA) is 105 Å². The minimum absolute atomic E-state index is 0.111. The summed E-state index contributed by atoms with van der Waals surface area (Å²) in [5.41, 5.74) is 0. The van der Waals surface area contributed by atoms with Crippen molar-refractivity contribution >= 4 is 27.3 Å². The number of amides is 1. The summed E-state index contributed by atoms with van der Waals surface area (Å²) in [5.74, 6) is 0.561. The average molecular weight is 384 g/mol. The van der Waals surface area contributed by atoms with E-state index in [1.165, 1.54) is 15.6 Å². The zero-order valence-electron chi connectivity index (χ0n) is 14.1. The number of carbonyl (C=O) groups excluding carboxylic acids is 1. The molecule has 1 saturated heterocycles. The van der Waals surface area contributed by atoms with Gasteiger partial charge in [-0.25, -0.2) is 8.42 Å². The van der Waals surface area contributed by atoms with E-state index < -0.39 is 10.0 Å². The van der Waals surface area contributed by atoms with Crippen LogP contribution in [0.3, 0.4) is 0 Å². The Balaban J connectivity index is 1.53. The number of thiophene rings is 1. The molecule has 3 rings (SSSR count). The fourth-order valence-electron chi connectivity index (χ4n) is 2.76. The van der Waals surface area contributed by atoms with Crippen LogP contribution in [-0.4, -0.2) is 41.9 Å². The predicted molar refractivity (Wildman–Crippen MR) is 91.4 cm³/mol. The molecule has 0 aromatic carbocycles. The van der Waals surface area contributed by atoms with Gasteiger partial charge in [0.1, 0.15) is 4.21 Å². The molecule has 0 aliphatic carbocycles. The Morgan fingerprint density at radius 3 is 2.64 bits per heavy atom. The molecule has 1 aliphatic rings. The van der Waals surface area contributed by atoms with E-state index in [9.17, 15) is 13.2 Å². The fraction of sp³-hybridized carbons (Fsp3) is 0.533. The fourth-order valence-corrected chi connectivity index (χ4v) is 5.66. The number of nitrogens with zero attached hydrogens (tertiary/aromatic N) is 3. The second-order valence-corrected chi connectivity index (χ2v) is 9.45. The van der Waals surface area contributed by atoms with Gasteiger partial charge in [-0.15, -0.1) is 11.3 Å². The summed E-state index contributed by atoms with van der Waals surface area (Å²) in [6.07, 6.45) is 0.997. The maximum Gasteiger partial charge on any atom is 0.252 e. The molecule has 0 spiro atoms. The first-order chi connectivity index (χ1) is 11.9. The molecule has 0 unspecified atom stereocenters. The molecule has 1 N–H and O–H groups in total. The molecule has 8 nitrogen and oxygen atoms in total. The number of sulfonamides is 1. The highest BCUT2D eigenvalue weighted by Crippen LogP contribution is 2.28. The summed E-state index contributed by atoms with van der Waals surface area (Å²) in [6.45, 7) is 4.46. The van der Waals surface area contributed by atoms with Crippen molar-refractivity contribution in [2.45, 2.75) is 37.4 Å². The number of hydrogen-bond acceptors (Lipinski definition) is 7. The van der Waals surface area contributed by atoms with E-state index in [4.69, 9.17) is 4.52 Å². The number of carbonyl (C=O) groups is 1.